The molecule has 4 rings (SSSR count). The van der Waals surface area contributed by atoms with Gasteiger partial charge in [0.1, 0.15) is 0 Å². The molecule has 2 aromatic rings. The molecular weight excluding hydrogens is 270 g/mol. The zero-order valence-corrected chi connectivity index (χ0v) is 11.7. The molecule has 2 aliphatic heterocycles. The van der Waals surface area contributed by atoms with E-state index in [1.165, 1.54) is 0 Å². The van der Waals surface area contributed by atoms with Crippen LogP contribution >= 0.6 is 0 Å². The van der Waals surface area contributed by atoms with Crippen LogP contribution in [0, 0.1) is 0 Å². The van der Waals surface area contributed by atoms with E-state index in [1.807, 2.05) is 16.5 Å². The molecule has 0 saturated carbocycles. The van der Waals surface area contributed by atoms with Crippen LogP contribution in [0.15, 0.2) is 24.5 Å². The van der Waals surface area contributed by atoms with Crippen LogP contribution in [-0.2, 0) is 20.0 Å². The Bertz CT molecular complexity index is 723. The number of carbonyl (C=O) groups is 1. The van der Waals surface area contributed by atoms with Gasteiger partial charge in [-0.2, -0.15) is 0 Å². The van der Waals surface area contributed by atoms with Gasteiger partial charge in [-0.1, -0.05) is 0 Å². The summed E-state index contributed by atoms with van der Waals surface area (Å²) in [7, 11) is 1.96. The summed E-state index contributed by atoms with van der Waals surface area (Å²) < 4.78 is 12.6. The van der Waals surface area contributed by atoms with E-state index >= 15 is 0 Å². The van der Waals surface area contributed by atoms with E-state index in [4.69, 9.17) is 9.47 Å². The van der Waals surface area contributed by atoms with E-state index in [1.54, 1.807) is 24.5 Å². The smallest absolute Gasteiger partial charge is 0.254 e. The molecule has 6 heteroatoms. The van der Waals surface area contributed by atoms with Crippen molar-refractivity contribution in [1.82, 2.24) is 14.5 Å². The number of benzene rings is 1. The van der Waals surface area contributed by atoms with E-state index < -0.39 is 0 Å². The molecule has 1 aromatic heterocycles. The molecule has 0 fully saturated rings. The molecule has 3 heterocycles. The van der Waals surface area contributed by atoms with E-state index in [9.17, 15) is 4.79 Å². The fraction of sp³-hybridized carbons (Fsp3) is 0.333. The number of carbonyl (C=O) groups excluding carboxylic acids is 1. The number of aromatic nitrogens is 2. The molecule has 21 heavy (non-hydrogen) atoms. The highest BCUT2D eigenvalue weighted by Gasteiger charge is 2.25. The Morgan fingerprint density at radius 3 is 3.05 bits per heavy atom. The van der Waals surface area contributed by atoms with E-state index in [0.717, 1.165) is 17.8 Å². The minimum absolute atomic E-state index is 0.0140. The van der Waals surface area contributed by atoms with Gasteiger partial charge in [-0.05, 0) is 18.2 Å². The van der Waals surface area contributed by atoms with Crippen molar-refractivity contribution in [2.24, 2.45) is 7.05 Å². The van der Waals surface area contributed by atoms with Crippen molar-refractivity contribution in [2.75, 3.05) is 13.3 Å². The number of hydrogen-bond donors (Lipinski definition) is 0. The van der Waals surface area contributed by atoms with Gasteiger partial charge in [0.25, 0.3) is 5.91 Å². The van der Waals surface area contributed by atoms with Gasteiger partial charge < -0.3 is 18.9 Å². The molecule has 0 bridgehead atoms. The summed E-state index contributed by atoms with van der Waals surface area (Å²) in [6, 6.07) is 5.33. The van der Waals surface area contributed by atoms with Gasteiger partial charge in [-0.15, -0.1) is 0 Å². The zero-order valence-electron chi connectivity index (χ0n) is 11.7. The average Bonchev–Trinajstić information content (AvgIpc) is 3.12. The van der Waals surface area contributed by atoms with Gasteiger partial charge in [0.2, 0.25) is 6.79 Å². The van der Waals surface area contributed by atoms with Crippen molar-refractivity contribution in [3.05, 3.63) is 41.5 Å². The molecule has 0 spiro atoms. The number of aryl methyl sites for hydroxylation is 1. The summed E-state index contributed by atoms with van der Waals surface area (Å²) in [6.45, 7) is 1.51. The summed E-state index contributed by atoms with van der Waals surface area (Å²) in [6.07, 6.45) is 2.60. The summed E-state index contributed by atoms with van der Waals surface area (Å²) in [4.78, 5) is 18.8. The molecule has 0 N–H and O–H groups in total. The van der Waals surface area contributed by atoms with Crippen LogP contribution in [0.3, 0.4) is 0 Å². The lowest BCUT2D eigenvalue weighted by Crippen LogP contribution is -2.36. The highest BCUT2D eigenvalue weighted by molar-refractivity contribution is 5.95. The third kappa shape index (κ3) is 1.94. The lowest BCUT2D eigenvalue weighted by Gasteiger charge is -2.27. The highest BCUT2D eigenvalue weighted by Crippen LogP contribution is 2.33. The highest BCUT2D eigenvalue weighted by atomic mass is 16.7. The molecule has 0 unspecified atom stereocenters. The van der Waals surface area contributed by atoms with Crippen LogP contribution < -0.4 is 9.47 Å². The Morgan fingerprint density at radius 2 is 2.14 bits per heavy atom. The van der Waals surface area contributed by atoms with Crippen LogP contribution in [-0.4, -0.2) is 33.7 Å². The molecule has 0 radical (unpaired) electrons. The summed E-state index contributed by atoms with van der Waals surface area (Å²) >= 11 is 0. The molecular formula is C15H15N3O3. The van der Waals surface area contributed by atoms with Gasteiger partial charge in [-0.3, -0.25) is 4.79 Å². The van der Waals surface area contributed by atoms with Crippen LogP contribution in [0.2, 0.25) is 0 Å². The van der Waals surface area contributed by atoms with Crippen LogP contribution in [0.4, 0.5) is 0 Å². The van der Waals surface area contributed by atoms with Crippen molar-refractivity contribution >= 4 is 5.91 Å². The normalized spacial score (nSPS) is 16.0. The fourth-order valence-electron chi connectivity index (χ4n) is 2.80. The summed E-state index contributed by atoms with van der Waals surface area (Å²) in [5.41, 5.74) is 2.83. The Morgan fingerprint density at radius 1 is 1.29 bits per heavy atom. The second-order valence-electron chi connectivity index (χ2n) is 5.29. The predicted molar refractivity (Wildman–Crippen MR) is 74.2 cm³/mol. The Kier molecular flexibility index (Phi) is 2.63. The molecule has 1 aromatic carbocycles. The first-order chi connectivity index (χ1) is 10.2. The third-order valence-electron chi connectivity index (χ3n) is 4.01. The van der Waals surface area contributed by atoms with E-state index in [2.05, 4.69) is 4.98 Å². The number of fused-ring (bicyclic) bond motifs is 2. The van der Waals surface area contributed by atoms with Crippen LogP contribution in [0.25, 0.3) is 0 Å². The van der Waals surface area contributed by atoms with Crippen molar-refractivity contribution in [3.63, 3.8) is 0 Å². The van der Waals surface area contributed by atoms with E-state index in [0.29, 0.717) is 30.2 Å². The Balaban J connectivity index is 1.60. The van der Waals surface area contributed by atoms with Crippen LogP contribution in [0.1, 0.15) is 21.7 Å². The topological polar surface area (TPSA) is 56.6 Å². The van der Waals surface area contributed by atoms with Crippen molar-refractivity contribution in [3.8, 4) is 11.5 Å². The lowest BCUT2D eigenvalue weighted by molar-refractivity contribution is 0.0729. The molecule has 2 aliphatic rings. The van der Waals surface area contributed by atoms with Crippen molar-refractivity contribution < 1.29 is 14.3 Å². The van der Waals surface area contributed by atoms with E-state index in [-0.39, 0.29) is 12.7 Å². The molecule has 108 valence electrons. The Labute approximate surface area is 121 Å². The lowest BCUT2D eigenvalue weighted by atomic mass is 10.1. The second kappa shape index (κ2) is 4.51. The quantitative estimate of drug-likeness (QED) is 0.793. The van der Waals surface area contributed by atoms with Crippen molar-refractivity contribution in [1.29, 1.82) is 0 Å². The average molecular weight is 285 g/mol. The fourth-order valence-corrected chi connectivity index (χ4v) is 2.80. The minimum atomic E-state index is 0.0140. The van der Waals surface area contributed by atoms with Gasteiger partial charge in [0.05, 0.1) is 24.3 Å². The standard InChI is InChI=1S/C15H15N3O3/c1-17-8-16-11-4-5-18(7-12(11)17)15(19)10-2-3-13-14(6-10)21-9-20-13/h2-3,6,8H,4-5,7,9H2,1H3. The molecule has 0 saturated heterocycles. The molecule has 0 atom stereocenters. The largest absolute Gasteiger partial charge is 0.454 e. The molecule has 1 amide bonds. The second-order valence-corrected chi connectivity index (χ2v) is 5.29. The number of amides is 1. The zero-order chi connectivity index (χ0) is 14.4. The Hall–Kier alpha value is -2.50. The van der Waals surface area contributed by atoms with Crippen molar-refractivity contribution in [2.45, 2.75) is 13.0 Å². The number of hydrogen-bond acceptors (Lipinski definition) is 4. The van der Waals surface area contributed by atoms with Gasteiger partial charge >= 0.3 is 0 Å². The van der Waals surface area contributed by atoms with Gasteiger partial charge in [0, 0.05) is 25.6 Å². The number of rotatable bonds is 1. The third-order valence-corrected chi connectivity index (χ3v) is 4.01. The molecule has 6 nitrogen and oxygen atoms in total. The predicted octanol–water partition coefficient (Wildman–Crippen LogP) is 1.35. The monoisotopic (exact) mass is 285 g/mol. The number of imidazole rings is 1. The maximum atomic E-state index is 12.6. The summed E-state index contributed by atoms with van der Waals surface area (Å²) in [5, 5.41) is 0. The first-order valence-corrected chi connectivity index (χ1v) is 6.90. The van der Waals surface area contributed by atoms with Gasteiger partial charge in [-0.25, -0.2) is 4.98 Å². The first-order valence-electron chi connectivity index (χ1n) is 6.90. The number of nitrogens with zero attached hydrogens (tertiary/aromatic N) is 3. The maximum absolute atomic E-state index is 12.6. The summed E-state index contributed by atoms with van der Waals surface area (Å²) in [5.74, 6) is 1.35. The first kappa shape index (κ1) is 12.3. The minimum Gasteiger partial charge on any atom is -0.454 e. The van der Waals surface area contributed by atoms with Gasteiger partial charge in [0.15, 0.2) is 11.5 Å². The SMILES string of the molecule is Cn1cnc2c1CN(C(=O)c1ccc3c(c1)OCO3)CC2. The number of ether oxygens (including phenoxy) is 2. The molecule has 0 aliphatic carbocycles. The van der Waals surface area contributed by atoms with Crippen LogP contribution in [0.5, 0.6) is 11.5 Å². The maximum Gasteiger partial charge on any atom is 0.254 e.